The Hall–Kier alpha value is -5.74. The van der Waals surface area contributed by atoms with Gasteiger partial charge in [0.05, 0.1) is 14.2 Å². The first-order valence-corrected chi connectivity index (χ1v) is 15.1. The predicted molar refractivity (Wildman–Crippen MR) is 185 cm³/mol. The molecule has 222 valence electrons. The third kappa shape index (κ3) is 4.53. The van der Waals surface area contributed by atoms with Gasteiger partial charge in [-0.05, 0) is 137 Å². The maximum absolute atomic E-state index is 14.1. The van der Waals surface area contributed by atoms with E-state index in [4.69, 9.17) is 9.47 Å². The average Bonchev–Trinajstić information content (AvgIpc) is 3.11. The Morgan fingerprint density at radius 1 is 0.348 bits per heavy atom. The molecule has 0 amide bonds. The summed E-state index contributed by atoms with van der Waals surface area (Å²) in [5.74, 6) is 1.02. The molecule has 0 saturated carbocycles. The first kappa shape index (κ1) is 27.8. The number of halogens is 2. The minimum absolute atomic E-state index is 0.273. The molecule has 8 aromatic rings. The molecule has 0 unspecified atom stereocenters. The smallest absolute Gasteiger partial charge is 0.123 e. The SMILES string of the molecule is COc1ccc(-c2cc(-c3ccc(F)cc3)c3ccc4c(-c5ccc(OC)cc5)cc(-c5ccc(F)cc5)c5ccc2c3c54)cc1. The lowest BCUT2D eigenvalue weighted by molar-refractivity contribution is 0.415. The molecule has 2 nitrogen and oxygen atoms in total. The molecule has 0 bridgehead atoms. The summed E-state index contributed by atoms with van der Waals surface area (Å²) in [6.45, 7) is 0. The van der Waals surface area contributed by atoms with Crippen molar-refractivity contribution in [2.45, 2.75) is 0 Å². The second kappa shape index (κ2) is 11.0. The van der Waals surface area contributed by atoms with E-state index in [1.807, 2.05) is 48.5 Å². The topological polar surface area (TPSA) is 18.5 Å². The van der Waals surface area contributed by atoms with Gasteiger partial charge in [0.25, 0.3) is 0 Å². The van der Waals surface area contributed by atoms with Gasteiger partial charge in [-0.1, -0.05) is 72.8 Å². The van der Waals surface area contributed by atoms with Gasteiger partial charge in [0.2, 0.25) is 0 Å². The molecule has 8 aromatic carbocycles. The fourth-order valence-electron chi connectivity index (χ4n) is 6.75. The summed E-state index contributed by atoms with van der Waals surface area (Å²) >= 11 is 0. The maximum atomic E-state index is 14.1. The van der Waals surface area contributed by atoms with E-state index in [-0.39, 0.29) is 11.6 Å². The predicted octanol–water partition coefficient (Wildman–Crippen LogP) is 11.5. The lowest BCUT2D eigenvalue weighted by Gasteiger charge is -2.21. The summed E-state index contributed by atoms with van der Waals surface area (Å²) in [6.07, 6.45) is 0. The van der Waals surface area contributed by atoms with Crippen LogP contribution < -0.4 is 9.47 Å². The molecule has 0 N–H and O–H groups in total. The molecule has 4 heteroatoms. The molecule has 0 aromatic heterocycles. The largest absolute Gasteiger partial charge is 0.497 e. The highest BCUT2D eigenvalue weighted by Crippen LogP contribution is 2.48. The van der Waals surface area contributed by atoms with E-state index in [0.717, 1.165) is 88.3 Å². The van der Waals surface area contributed by atoms with Crippen LogP contribution >= 0.6 is 0 Å². The molecule has 0 aliphatic carbocycles. The van der Waals surface area contributed by atoms with Crippen molar-refractivity contribution in [1.29, 1.82) is 0 Å². The standard InChI is InChI=1S/C42H28F2O2/c1-45-31-15-7-27(8-16-31)39-23-37(25-3-11-29(43)12-4-25)33-20-22-36-40(28-9-17-32(46-2)18-10-28)24-38(26-5-13-30(44)14-6-26)34-19-21-35(39)41(33)42(34)36/h3-24H,1-2H3. The number of rotatable bonds is 6. The lowest BCUT2D eigenvalue weighted by atomic mass is 9.82. The highest BCUT2D eigenvalue weighted by atomic mass is 19.1. The van der Waals surface area contributed by atoms with Crippen LogP contribution in [-0.2, 0) is 0 Å². The van der Waals surface area contributed by atoms with Gasteiger partial charge < -0.3 is 9.47 Å². The summed E-state index contributed by atoms with van der Waals surface area (Å²) in [7, 11) is 3.33. The number of hydrogen-bond donors (Lipinski definition) is 0. The fraction of sp³-hybridized carbons (Fsp3) is 0.0476. The van der Waals surface area contributed by atoms with E-state index in [2.05, 4.69) is 60.7 Å². The van der Waals surface area contributed by atoms with Crippen molar-refractivity contribution < 1.29 is 18.3 Å². The first-order valence-electron chi connectivity index (χ1n) is 15.1. The van der Waals surface area contributed by atoms with E-state index >= 15 is 0 Å². The van der Waals surface area contributed by atoms with Crippen LogP contribution in [0.2, 0.25) is 0 Å². The van der Waals surface area contributed by atoms with Crippen LogP contribution in [0.3, 0.4) is 0 Å². The van der Waals surface area contributed by atoms with Crippen LogP contribution in [0.5, 0.6) is 11.5 Å². The zero-order chi connectivity index (χ0) is 31.4. The lowest BCUT2D eigenvalue weighted by Crippen LogP contribution is -1.94. The Kier molecular flexibility index (Phi) is 6.65. The molecule has 0 radical (unpaired) electrons. The minimum atomic E-state index is -0.273. The number of methoxy groups -OCH3 is 2. The summed E-state index contributed by atoms with van der Waals surface area (Å²) in [5.41, 5.74) is 8.15. The second-order valence-corrected chi connectivity index (χ2v) is 11.5. The van der Waals surface area contributed by atoms with E-state index in [1.165, 1.54) is 24.3 Å². The number of ether oxygens (including phenoxy) is 2. The van der Waals surface area contributed by atoms with Crippen molar-refractivity contribution in [2.75, 3.05) is 14.2 Å². The normalized spacial score (nSPS) is 11.5. The summed E-state index contributed by atoms with van der Waals surface area (Å²) in [5, 5.41) is 6.63. The Morgan fingerprint density at radius 2 is 0.609 bits per heavy atom. The Morgan fingerprint density at radius 3 is 0.870 bits per heavy atom. The second-order valence-electron chi connectivity index (χ2n) is 11.5. The van der Waals surface area contributed by atoms with Gasteiger partial charge in [-0.3, -0.25) is 0 Å². The van der Waals surface area contributed by atoms with Gasteiger partial charge in [-0.2, -0.15) is 0 Å². The maximum Gasteiger partial charge on any atom is 0.123 e. The van der Waals surface area contributed by atoms with Crippen molar-refractivity contribution in [1.82, 2.24) is 0 Å². The molecule has 8 rings (SSSR count). The third-order valence-electron chi connectivity index (χ3n) is 9.01. The highest BCUT2D eigenvalue weighted by molar-refractivity contribution is 6.31. The van der Waals surface area contributed by atoms with Gasteiger partial charge in [0.15, 0.2) is 0 Å². The minimum Gasteiger partial charge on any atom is -0.497 e. The molecule has 0 spiro atoms. The molecule has 46 heavy (non-hydrogen) atoms. The van der Waals surface area contributed by atoms with Crippen LogP contribution in [0.15, 0.2) is 133 Å². The Balaban J connectivity index is 1.53. The average molecular weight is 603 g/mol. The first-order chi connectivity index (χ1) is 22.5. The van der Waals surface area contributed by atoms with E-state index in [1.54, 1.807) is 14.2 Å². The van der Waals surface area contributed by atoms with Crippen molar-refractivity contribution >= 4 is 32.3 Å². The molecular formula is C42H28F2O2. The van der Waals surface area contributed by atoms with Crippen molar-refractivity contribution in [3.05, 3.63) is 145 Å². The van der Waals surface area contributed by atoms with Gasteiger partial charge in [0.1, 0.15) is 23.1 Å². The van der Waals surface area contributed by atoms with Crippen LogP contribution in [0, 0.1) is 11.6 Å². The Bertz CT molecular complexity index is 2190. The molecule has 0 saturated heterocycles. The van der Waals surface area contributed by atoms with Crippen LogP contribution in [0.4, 0.5) is 8.78 Å². The molecule has 0 heterocycles. The van der Waals surface area contributed by atoms with Crippen molar-refractivity contribution in [3.8, 4) is 56.0 Å². The van der Waals surface area contributed by atoms with E-state index in [9.17, 15) is 8.78 Å². The van der Waals surface area contributed by atoms with Crippen molar-refractivity contribution in [2.24, 2.45) is 0 Å². The van der Waals surface area contributed by atoms with Crippen molar-refractivity contribution in [3.63, 3.8) is 0 Å². The summed E-state index contributed by atoms with van der Waals surface area (Å²) < 4.78 is 39.1. The fourth-order valence-corrected chi connectivity index (χ4v) is 6.75. The number of benzene rings is 8. The van der Waals surface area contributed by atoms with Gasteiger partial charge >= 0.3 is 0 Å². The van der Waals surface area contributed by atoms with Gasteiger partial charge in [-0.25, -0.2) is 8.78 Å². The Labute approximate surface area is 265 Å². The molecule has 0 aliphatic heterocycles. The highest BCUT2D eigenvalue weighted by Gasteiger charge is 2.21. The van der Waals surface area contributed by atoms with Gasteiger partial charge in [0, 0.05) is 0 Å². The zero-order valence-electron chi connectivity index (χ0n) is 25.3. The third-order valence-corrected chi connectivity index (χ3v) is 9.01. The van der Waals surface area contributed by atoms with E-state index < -0.39 is 0 Å². The number of hydrogen-bond acceptors (Lipinski definition) is 2. The van der Waals surface area contributed by atoms with Crippen LogP contribution in [-0.4, -0.2) is 14.2 Å². The van der Waals surface area contributed by atoms with E-state index in [0.29, 0.717) is 0 Å². The molecular weight excluding hydrogens is 574 g/mol. The van der Waals surface area contributed by atoms with Gasteiger partial charge in [-0.15, -0.1) is 0 Å². The summed E-state index contributed by atoms with van der Waals surface area (Å²) in [4.78, 5) is 0. The molecule has 0 atom stereocenters. The van der Waals surface area contributed by atoms with Crippen LogP contribution in [0.25, 0.3) is 76.8 Å². The quantitative estimate of drug-likeness (QED) is 0.176. The van der Waals surface area contributed by atoms with Crippen LogP contribution in [0.1, 0.15) is 0 Å². The molecule has 0 aliphatic rings. The molecule has 0 fully saturated rings. The monoisotopic (exact) mass is 602 g/mol. The summed E-state index contributed by atoms with van der Waals surface area (Å²) in [6, 6.07) is 42.8. The zero-order valence-corrected chi connectivity index (χ0v) is 25.3.